The standard InChI is InChI=1S/C12H26N4O4/c13-6-2-1-3-9(15)11(18)16-10(12(19)20)5-4-8(17)7-14/h8-10,17H,1-7,13-15H2,(H,16,18)(H,19,20)/t8-,9+,10+/m1/s1. The van der Waals surface area contributed by atoms with Gasteiger partial charge < -0.3 is 32.7 Å². The Balaban J connectivity index is 4.22. The van der Waals surface area contributed by atoms with Crippen molar-refractivity contribution >= 4 is 11.9 Å². The molecule has 8 nitrogen and oxygen atoms in total. The molecule has 9 N–H and O–H groups in total. The summed E-state index contributed by atoms with van der Waals surface area (Å²) in [6.07, 6.45) is 1.49. The Bertz CT molecular complexity index is 301. The molecule has 0 fully saturated rings. The van der Waals surface area contributed by atoms with Crippen LogP contribution in [0.5, 0.6) is 0 Å². The zero-order valence-corrected chi connectivity index (χ0v) is 11.6. The van der Waals surface area contributed by atoms with Crippen LogP contribution in [0.1, 0.15) is 32.1 Å². The molecule has 3 atom stereocenters. The minimum Gasteiger partial charge on any atom is -0.480 e. The van der Waals surface area contributed by atoms with Crippen molar-refractivity contribution in [2.75, 3.05) is 13.1 Å². The number of carboxylic acids is 1. The quantitative estimate of drug-likeness (QED) is 0.242. The van der Waals surface area contributed by atoms with Crippen molar-refractivity contribution in [3.63, 3.8) is 0 Å². The number of amides is 1. The molecule has 0 rings (SSSR count). The normalized spacial score (nSPS) is 15.4. The average molecular weight is 290 g/mol. The van der Waals surface area contributed by atoms with E-state index in [1.54, 1.807) is 0 Å². The predicted molar refractivity (Wildman–Crippen MR) is 74.7 cm³/mol. The molecule has 0 aromatic heterocycles. The van der Waals surface area contributed by atoms with Crippen molar-refractivity contribution in [3.8, 4) is 0 Å². The molecular weight excluding hydrogens is 264 g/mol. The fraction of sp³-hybridized carbons (Fsp3) is 0.833. The molecule has 0 aromatic carbocycles. The largest absolute Gasteiger partial charge is 0.480 e. The van der Waals surface area contributed by atoms with Crippen molar-refractivity contribution in [2.24, 2.45) is 17.2 Å². The third kappa shape index (κ3) is 8.05. The lowest BCUT2D eigenvalue weighted by Gasteiger charge is -2.18. The second-order valence-corrected chi connectivity index (χ2v) is 4.76. The first kappa shape index (κ1) is 18.8. The maximum Gasteiger partial charge on any atom is 0.326 e. The van der Waals surface area contributed by atoms with Crippen molar-refractivity contribution in [2.45, 2.75) is 50.3 Å². The van der Waals surface area contributed by atoms with Crippen LogP contribution in [-0.4, -0.2) is 53.4 Å². The molecule has 118 valence electrons. The molecule has 0 aliphatic carbocycles. The number of nitrogens with one attached hydrogen (secondary N) is 1. The summed E-state index contributed by atoms with van der Waals surface area (Å²) in [5, 5.41) is 20.7. The predicted octanol–water partition coefficient (Wildman–Crippen LogP) is -1.89. The van der Waals surface area contributed by atoms with Gasteiger partial charge >= 0.3 is 5.97 Å². The van der Waals surface area contributed by atoms with E-state index in [0.29, 0.717) is 19.4 Å². The minimum absolute atomic E-state index is 0.0545. The highest BCUT2D eigenvalue weighted by atomic mass is 16.4. The Morgan fingerprint density at radius 3 is 2.25 bits per heavy atom. The van der Waals surface area contributed by atoms with E-state index in [-0.39, 0.29) is 19.4 Å². The summed E-state index contributed by atoms with van der Waals surface area (Å²) in [5.41, 5.74) is 16.2. The van der Waals surface area contributed by atoms with Crippen LogP contribution in [0, 0.1) is 0 Å². The molecule has 0 radical (unpaired) electrons. The maximum atomic E-state index is 11.7. The van der Waals surface area contributed by atoms with Gasteiger partial charge in [-0.1, -0.05) is 6.42 Å². The number of aliphatic carboxylic acids is 1. The monoisotopic (exact) mass is 290 g/mol. The number of carboxylic acid groups (broad SMARTS) is 1. The highest BCUT2D eigenvalue weighted by Crippen LogP contribution is 2.04. The Morgan fingerprint density at radius 2 is 1.75 bits per heavy atom. The molecule has 0 aliphatic rings. The summed E-state index contributed by atoms with van der Waals surface area (Å²) >= 11 is 0. The van der Waals surface area contributed by atoms with Gasteiger partial charge in [-0.2, -0.15) is 0 Å². The van der Waals surface area contributed by atoms with Crippen molar-refractivity contribution in [1.82, 2.24) is 5.32 Å². The maximum absolute atomic E-state index is 11.7. The molecule has 8 heteroatoms. The number of aliphatic hydroxyl groups is 1. The number of unbranched alkanes of at least 4 members (excludes halogenated alkanes) is 1. The lowest BCUT2D eigenvalue weighted by molar-refractivity contribution is -0.142. The Kier molecular flexibility index (Phi) is 9.91. The summed E-state index contributed by atoms with van der Waals surface area (Å²) < 4.78 is 0. The van der Waals surface area contributed by atoms with Crippen LogP contribution in [0.2, 0.25) is 0 Å². The van der Waals surface area contributed by atoms with Gasteiger partial charge in [-0.05, 0) is 32.2 Å². The first-order valence-corrected chi connectivity index (χ1v) is 6.79. The smallest absolute Gasteiger partial charge is 0.326 e. The van der Waals surface area contributed by atoms with Crippen molar-refractivity contribution in [3.05, 3.63) is 0 Å². The molecule has 20 heavy (non-hydrogen) atoms. The zero-order valence-electron chi connectivity index (χ0n) is 11.6. The van der Waals surface area contributed by atoms with Gasteiger partial charge in [0.2, 0.25) is 5.91 Å². The molecule has 1 amide bonds. The molecule has 0 saturated carbocycles. The summed E-state index contributed by atoms with van der Waals surface area (Å²) in [7, 11) is 0. The van der Waals surface area contributed by atoms with E-state index in [9.17, 15) is 14.7 Å². The van der Waals surface area contributed by atoms with Crippen LogP contribution in [-0.2, 0) is 9.59 Å². The number of carbonyl (C=O) groups excluding carboxylic acids is 1. The van der Waals surface area contributed by atoms with Crippen LogP contribution in [0.3, 0.4) is 0 Å². The van der Waals surface area contributed by atoms with Gasteiger partial charge in [-0.25, -0.2) is 4.79 Å². The van der Waals surface area contributed by atoms with Gasteiger partial charge in [0, 0.05) is 6.54 Å². The van der Waals surface area contributed by atoms with E-state index in [2.05, 4.69) is 5.32 Å². The van der Waals surface area contributed by atoms with E-state index in [1.807, 2.05) is 0 Å². The number of hydrogen-bond donors (Lipinski definition) is 6. The van der Waals surface area contributed by atoms with Gasteiger partial charge in [0.1, 0.15) is 6.04 Å². The van der Waals surface area contributed by atoms with E-state index < -0.39 is 30.1 Å². The average Bonchev–Trinajstić information content (AvgIpc) is 2.42. The highest BCUT2D eigenvalue weighted by Gasteiger charge is 2.23. The van der Waals surface area contributed by atoms with Crippen LogP contribution in [0.25, 0.3) is 0 Å². The van der Waals surface area contributed by atoms with E-state index in [4.69, 9.17) is 22.3 Å². The van der Waals surface area contributed by atoms with E-state index in [1.165, 1.54) is 0 Å². The zero-order chi connectivity index (χ0) is 15.5. The molecule has 0 spiro atoms. The highest BCUT2D eigenvalue weighted by molar-refractivity contribution is 5.86. The van der Waals surface area contributed by atoms with E-state index in [0.717, 1.165) is 6.42 Å². The topological polar surface area (TPSA) is 165 Å². The fourth-order valence-corrected chi connectivity index (χ4v) is 1.65. The van der Waals surface area contributed by atoms with Crippen LogP contribution in [0.4, 0.5) is 0 Å². The SMILES string of the molecule is NCCCC[C@H](N)C(=O)N[C@@H](CC[C@@H](O)CN)C(=O)O. The third-order valence-corrected chi connectivity index (χ3v) is 2.98. The Hall–Kier alpha value is -1.22. The Labute approximate surface area is 118 Å². The molecular formula is C12H26N4O4. The molecule has 0 aromatic rings. The third-order valence-electron chi connectivity index (χ3n) is 2.98. The van der Waals surface area contributed by atoms with Crippen LogP contribution in [0.15, 0.2) is 0 Å². The first-order chi connectivity index (χ1) is 9.42. The number of rotatable bonds is 11. The molecule has 0 unspecified atom stereocenters. The lowest BCUT2D eigenvalue weighted by Crippen LogP contribution is -2.48. The Morgan fingerprint density at radius 1 is 1.10 bits per heavy atom. The molecule has 0 bridgehead atoms. The number of carbonyl (C=O) groups is 2. The number of nitrogens with two attached hydrogens (primary N) is 3. The second-order valence-electron chi connectivity index (χ2n) is 4.76. The number of aliphatic hydroxyl groups excluding tert-OH is 1. The van der Waals surface area contributed by atoms with Crippen molar-refractivity contribution < 1.29 is 19.8 Å². The lowest BCUT2D eigenvalue weighted by atomic mass is 10.1. The summed E-state index contributed by atoms with van der Waals surface area (Å²) in [5.74, 6) is -1.66. The summed E-state index contributed by atoms with van der Waals surface area (Å²) in [6.45, 7) is 0.585. The van der Waals surface area contributed by atoms with Crippen LogP contribution >= 0.6 is 0 Å². The first-order valence-electron chi connectivity index (χ1n) is 6.79. The molecule has 0 heterocycles. The van der Waals surface area contributed by atoms with Gasteiger partial charge in [-0.3, -0.25) is 4.79 Å². The molecule has 0 saturated heterocycles. The number of hydrogen-bond acceptors (Lipinski definition) is 6. The van der Waals surface area contributed by atoms with Gasteiger partial charge in [0.15, 0.2) is 0 Å². The van der Waals surface area contributed by atoms with Gasteiger partial charge in [-0.15, -0.1) is 0 Å². The second kappa shape index (κ2) is 10.6. The van der Waals surface area contributed by atoms with Crippen molar-refractivity contribution in [1.29, 1.82) is 0 Å². The molecule has 0 aliphatic heterocycles. The minimum atomic E-state index is -1.16. The van der Waals surface area contributed by atoms with E-state index >= 15 is 0 Å². The summed E-state index contributed by atoms with van der Waals surface area (Å²) in [6, 6.07) is -1.81. The van der Waals surface area contributed by atoms with Crippen LogP contribution < -0.4 is 22.5 Å². The van der Waals surface area contributed by atoms with Gasteiger partial charge in [0.05, 0.1) is 12.1 Å². The fourth-order valence-electron chi connectivity index (χ4n) is 1.65. The summed E-state index contributed by atoms with van der Waals surface area (Å²) in [4.78, 5) is 22.8. The van der Waals surface area contributed by atoms with Gasteiger partial charge in [0.25, 0.3) is 0 Å².